The summed E-state index contributed by atoms with van der Waals surface area (Å²) in [5.41, 5.74) is 2.22. The third-order valence-electron chi connectivity index (χ3n) is 5.87. The molecular formula is C23H26N4O4. The lowest BCUT2D eigenvalue weighted by Crippen LogP contribution is -2.27. The van der Waals surface area contributed by atoms with E-state index in [4.69, 9.17) is 9.47 Å². The third-order valence-corrected chi connectivity index (χ3v) is 5.87. The largest absolute Gasteiger partial charge is 0.488 e. The number of amides is 1. The van der Waals surface area contributed by atoms with Crippen LogP contribution in [0.1, 0.15) is 55.5 Å². The molecule has 3 heterocycles. The fourth-order valence-electron chi connectivity index (χ4n) is 4.35. The van der Waals surface area contributed by atoms with Crippen LogP contribution >= 0.6 is 0 Å². The van der Waals surface area contributed by atoms with Gasteiger partial charge in [-0.05, 0) is 51.7 Å². The van der Waals surface area contributed by atoms with Crippen LogP contribution in [0.15, 0.2) is 36.8 Å². The van der Waals surface area contributed by atoms with Crippen LogP contribution in [-0.4, -0.2) is 43.4 Å². The Balaban J connectivity index is 1.45. The molecule has 1 aromatic carbocycles. The summed E-state index contributed by atoms with van der Waals surface area (Å²) < 4.78 is 13.9. The van der Waals surface area contributed by atoms with Crippen LogP contribution < -0.4 is 14.8 Å². The van der Waals surface area contributed by atoms with Crippen molar-refractivity contribution in [1.82, 2.24) is 14.6 Å². The van der Waals surface area contributed by atoms with E-state index >= 15 is 0 Å². The van der Waals surface area contributed by atoms with Gasteiger partial charge in [-0.2, -0.15) is 5.10 Å². The van der Waals surface area contributed by atoms with Crippen LogP contribution in [-0.2, 0) is 6.42 Å². The maximum Gasteiger partial charge on any atom is 0.261 e. The lowest BCUT2D eigenvalue weighted by Gasteiger charge is -2.27. The third kappa shape index (κ3) is 3.95. The second kappa shape index (κ2) is 7.53. The topological polar surface area (TPSA) is 98.0 Å². The lowest BCUT2D eigenvalue weighted by molar-refractivity contribution is 0.0665. The van der Waals surface area contributed by atoms with Crippen molar-refractivity contribution >= 4 is 17.2 Å². The van der Waals surface area contributed by atoms with Gasteiger partial charge < -0.3 is 19.9 Å². The van der Waals surface area contributed by atoms with E-state index in [1.807, 2.05) is 26.0 Å². The van der Waals surface area contributed by atoms with Gasteiger partial charge in [0.1, 0.15) is 22.7 Å². The van der Waals surface area contributed by atoms with Gasteiger partial charge in [0.25, 0.3) is 5.91 Å². The van der Waals surface area contributed by atoms with Crippen LogP contribution in [0.3, 0.4) is 0 Å². The van der Waals surface area contributed by atoms with Crippen LogP contribution in [0.5, 0.6) is 11.5 Å². The summed E-state index contributed by atoms with van der Waals surface area (Å²) in [5, 5.41) is 17.0. The van der Waals surface area contributed by atoms with Crippen LogP contribution in [0, 0.1) is 0 Å². The first kappa shape index (κ1) is 19.8. The Labute approximate surface area is 180 Å². The molecule has 3 aromatic rings. The summed E-state index contributed by atoms with van der Waals surface area (Å²) in [6.45, 7) is 4.08. The SMILES string of the molecule is CC1(C)Cc2cc(NC(=O)c3cnn4cccnc34)c(OC3CCC(O)CC3)cc2O1. The number of nitrogens with zero attached hydrogens (tertiary/aromatic N) is 3. The second-order valence-electron chi connectivity index (χ2n) is 8.94. The maximum absolute atomic E-state index is 13.1. The number of rotatable bonds is 4. The Kier molecular flexibility index (Phi) is 4.81. The van der Waals surface area contributed by atoms with E-state index in [1.54, 1.807) is 23.0 Å². The number of carbonyl (C=O) groups excluding carboxylic acids is 1. The molecule has 0 atom stereocenters. The fraction of sp³-hybridized carbons (Fsp3) is 0.435. The van der Waals surface area contributed by atoms with Gasteiger partial charge in [0.05, 0.1) is 24.1 Å². The zero-order valence-electron chi connectivity index (χ0n) is 17.7. The first-order valence-corrected chi connectivity index (χ1v) is 10.7. The van der Waals surface area contributed by atoms with E-state index in [1.165, 1.54) is 6.20 Å². The van der Waals surface area contributed by atoms with Gasteiger partial charge >= 0.3 is 0 Å². The highest BCUT2D eigenvalue weighted by Crippen LogP contribution is 2.42. The molecule has 1 aliphatic heterocycles. The van der Waals surface area contributed by atoms with Crippen molar-refractivity contribution in [3.8, 4) is 11.5 Å². The standard InChI is InChI=1S/C23H26N4O4/c1-23(2)12-14-10-18(26-22(29)17-13-25-27-9-3-8-24-21(17)27)20(11-19(14)31-23)30-16-6-4-15(28)5-7-16/h3,8-11,13,15-16,28H,4-7,12H2,1-2H3,(H,26,29). The number of aliphatic hydroxyl groups is 1. The van der Waals surface area contributed by atoms with E-state index in [0.29, 0.717) is 22.6 Å². The molecule has 0 spiro atoms. The molecule has 2 aromatic heterocycles. The van der Waals surface area contributed by atoms with Gasteiger partial charge in [-0.25, -0.2) is 9.50 Å². The van der Waals surface area contributed by atoms with Crippen molar-refractivity contribution in [2.75, 3.05) is 5.32 Å². The number of carbonyl (C=O) groups is 1. The molecule has 8 heteroatoms. The summed E-state index contributed by atoms with van der Waals surface area (Å²) in [4.78, 5) is 17.3. The molecule has 31 heavy (non-hydrogen) atoms. The number of benzene rings is 1. The van der Waals surface area contributed by atoms with Crippen molar-refractivity contribution < 1.29 is 19.4 Å². The van der Waals surface area contributed by atoms with E-state index < -0.39 is 0 Å². The molecule has 1 saturated carbocycles. The van der Waals surface area contributed by atoms with Gasteiger partial charge in [-0.3, -0.25) is 4.79 Å². The zero-order chi connectivity index (χ0) is 21.6. The summed E-state index contributed by atoms with van der Waals surface area (Å²) in [6, 6.07) is 5.57. The van der Waals surface area contributed by atoms with Gasteiger partial charge in [0.2, 0.25) is 0 Å². The predicted molar refractivity (Wildman–Crippen MR) is 115 cm³/mol. The molecule has 0 saturated heterocycles. The van der Waals surface area contributed by atoms with Gasteiger partial charge in [0.15, 0.2) is 5.65 Å². The summed E-state index contributed by atoms with van der Waals surface area (Å²) in [6.07, 6.45) is 8.36. The minimum absolute atomic E-state index is 0.00911. The Morgan fingerprint density at radius 2 is 2.10 bits per heavy atom. The summed E-state index contributed by atoms with van der Waals surface area (Å²) >= 11 is 0. The van der Waals surface area contributed by atoms with Gasteiger partial charge in [0, 0.05) is 30.4 Å². The van der Waals surface area contributed by atoms with Crippen LogP contribution in [0.4, 0.5) is 5.69 Å². The highest BCUT2D eigenvalue weighted by atomic mass is 16.5. The Morgan fingerprint density at radius 1 is 1.29 bits per heavy atom. The first-order chi connectivity index (χ1) is 14.9. The van der Waals surface area contributed by atoms with Crippen molar-refractivity contribution in [2.45, 2.75) is 63.8 Å². The van der Waals surface area contributed by atoms with E-state index in [-0.39, 0.29) is 23.7 Å². The number of fused-ring (bicyclic) bond motifs is 2. The van der Waals surface area contributed by atoms with Crippen LogP contribution in [0.25, 0.3) is 5.65 Å². The number of anilines is 1. The molecule has 162 valence electrons. The normalized spacial score (nSPS) is 22.0. The Hall–Kier alpha value is -3.13. The second-order valence-corrected chi connectivity index (χ2v) is 8.94. The predicted octanol–water partition coefficient (Wildman–Crippen LogP) is 3.38. The molecule has 8 nitrogen and oxygen atoms in total. The van der Waals surface area contributed by atoms with E-state index in [9.17, 15) is 9.90 Å². The van der Waals surface area contributed by atoms with E-state index in [0.717, 1.165) is 43.4 Å². The van der Waals surface area contributed by atoms with Crippen molar-refractivity contribution in [1.29, 1.82) is 0 Å². The van der Waals surface area contributed by atoms with Crippen LogP contribution in [0.2, 0.25) is 0 Å². The molecule has 5 rings (SSSR count). The number of hydrogen-bond donors (Lipinski definition) is 2. The average Bonchev–Trinajstić information content (AvgIpc) is 3.29. The zero-order valence-corrected chi connectivity index (χ0v) is 17.7. The Bertz CT molecular complexity index is 1130. The van der Waals surface area contributed by atoms with Gasteiger partial charge in [-0.15, -0.1) is 0 Å². The minimum Gasteiger partial charge on any atom is -0.488 e. The monoisotopic (exact) mass is 422 g/mol. The van der Waals surface area contributed by atoms with Crippen molar-refractivity contribution in [3.63, 3.8) is 0 Å². The summed E-state index contributed by atoms with van der Waals surface area (Å²) in [7, 11) is 0. The number of aliphatic hydroxyl groups excluding tert-OH is 1. The van der Waals surface area contributed by atoms with Gasteiger partial charge in [-0.1, -0.05) is 0 Å². The first-order valence-electron chi connectivity index (χ1n) is 10.7. The Morgan fingerprint density at radius 3 is 2.90 bits per heavy atom. The molecule has 0 bridgehead atoms. The highest BCUT2D eigenvalue weighted by molar-refractivity contribution is 6.08. The number of ether oxygens (including phenoxy) is 2. The van der Waals surface area contributed by atoms with Crippen molar-refractivity contribution in [2.24, 2.45) is 0 Å². The lowest BCUT2D eigenvalue weighted by atomic mass is 9.95. The molecule has 1 fully saturated rings. The smallest absolute Gasteiger partial charge is 0.261 e. The molecular weight excluding hydrogens is 396 g/mol. The summed E-state index contributed by atoms with van der Waals surface area (Å²) in [5.74, 6) is 1.07. The van der Waals surface area contributed by atoms with Crippen molar-refractivity contribution in [3.05, 3.63) is 47.9 Å². The average molecular weight is 422 g/mol. The molecule has 0 radical (unpaired) electrons. The molecule has 2 aliphatic rings. The quantitative estimate of drug-likeness (QED) is 0.669. The molecule has 0 unspecified atom stereocenters. The molecule has 1 aliphatic carbocycles. The number of aromatic nitrogens is 3. The van der Waals surface area contributed by atoms with E-state index in [2.05, 4.69) is 15.4 Å². The minimum atomic E-state index is -0.302. The number of hydrogen-bond acceptors (Lipinski definition) is 6. The highest BCUT2D eigenvalue weighted by Gasteiger charge is 2.32. The molecule has 2 N–H and O–H groups in total. The maximum atomic E-state index is 13.1. The number of nitrogens with one attached hydrogen (secondary N) is 1. The fourth-order valence-corrected chi connectivity index (χ4v) is 4.35. The molecule has 1 amide bonds.